The second-order valence-corrected chi connectivity index (χ2v) is 5.80. The molecule has 2 heterocycles. The summed E-state index contributed by atoms with van der Waals surface area (Å²) in [6.45, 7) is 1.68. The lowest BCUT2D eigenvalue weighted by atomic mass is 9.92. The van der Waals surface area contributed by atoms with Crippen LogP contribution in [0.1, 0.15) is 18.5 Å². The van der Waals surface area contributed by atoms with Gasteiger partial charge in [0.1, 0.15) is 0 Å². The molecule has 116 valence electrons. The smallest absolute Gasteiger partial charge is 0.250 e. The zero-order valence-corrected chi connectivity index (χ0v) is 12.4. The number of likely N-dealkylation sites (tertiary alicyclic amines) is 1. The van der Waals surface area contributed by atoms with Gasteiger partial charge in [0, 0.05) is 19.3 Å². The van der Waals surface area contributed by atoms with Crippen LogP contribution in [-0.2, 0) is 11.3 Å². The summed E-state index contributed by atoms with van der Waals surface area (Å²) in [7, 11) is 0. The van der Waals surface area contributed by atoms with Crippen molar-refractivity contribution in [3.8, 4) is 5.69 Å². The molecule has 0 saturated carbocycles. The highest BCUT2D eigenvalue weighted by molar-refractivity contribution is 5.83. The summed E-state index contributed by atoms with van der Waals surface area (Å²) in [5, 5.41) is 14.8. The molecule has 22 heavy (non-hydrogen) atoms. The van der Waals surface area contributed by atoms with Crippen molar-refractivity contribution in [2.45, 2.75) is 25.0 Å². The topological polar surface area (TPSA) is 84.4 Å². The number of carbonyl (C=O) groups is 1. The highest BCUT2D eigenvalue weighted by atomic mass is 16.3. The minimum Gasteiger partial charge on any atom is -0.379 e. The van der Waals surface area contributed by atoms with Crippen LogP contribution < -0.4 is 5.73 Å². The maximum Gasteiger partial charge on any atom is 0.250 e. The Balaban J connectivity index is 1.69. The van der Waals surface area contributed by atoms with Gasteiger partial charge >= 0.3 is 0 Å². The van der Waals surface area contributed by atoms with Crippen LogP contribution in [0.5, 0.6) is 0 Å². The van der Waals surface area contributed by atoms with E-state index in [1.807, 2.05) is 52.2 Å². The van der Waals surface area contributed by atoms with Gasteiger partial charge in [-0.2, -0.15) is 5.10 Å². The van der Waals surface area contributed by atoms with Gasteiger partial charge in [0.15, 0.2) is 5.60 Å². The Morgan fingerprint density at radius 3 is 2.82 bits per heavy atom. The Labute approximate surface area is 129 Å². The number of hydrogen-bond donors (Lipinski definition) is 2. The summed E-state index contributed by atoms with van der Waals surface area (Å²) in [4.78, 5) is 13.4. The Hall–Kier alpha value is -2.18. The Kier molecular flexibility index (Phi) is 3.96. The molecule has 1 aliphatic heterocycles. The monoisotopic (exact) mass is 300 g/mol. The maximum atomic E-state index is 11.4. The summed E-state index contributed by atoms with van der Waals surface area (Å²) in [5.41, 5.74) is 5.79. The van der Waals surface area contributed by atoms with Crippen molar-refractivity contribution < 1.29 is 9.90 Å². The van der Waals surface area contributed by atoms with Crippen LogP contribution in [-0.4, -0.2) is 44.4 Å². The van der Waals surface area contributed by atoms with Crippen LogP contribution in [0.25, 0.3) is 5.69 Å². The van der Waals surface area contributed by atoms with Gasteiger partial charge in [-0.15, -0.1) is 0 Å². The summed E-state index contributed by atoms with van der Waals surface area (Å²) in [5.74, 6) is -0.646. The zero-order valence-electron chi connectivity index (χ0n) is 12.4. The number of amides is 1. The van der Waals surface area contributed by atoms with Crippen molar-refractivity contribution in [3.05, 3.63) is 48.3 Å². The number of piperidine rings is 1. The van der Waals surface area contributed by atoms with Crippen molar-refractivity contribution in [2.24, 2.45) is 5.73 Å². The van der Waals surface area contributed by atoms with Gasteiger partial charge in [0.25, 0.3) is 5.91 Å². The van der Waals surface area contributed by atoms with Crippen LogP contribution in [0, 0.1) is 0 Å². The first-order valence-corrected chi connectivity index (χ1v) is 7.41. The van der Waals surface area contributed by atoms with E-state index in [4.69, 9.17) is 5.73 Å². The molecule has 1 aromatic carbocycles. The first-order valence-electron chi connectivity index (χ1n) is 7.41. The molecule has 6 heteroatoms. The van der Waals surface area contributed by atoms with Crippen molar-refractivity contribution in [2.75, 3.05) is 13.1 Å². The summed E-state index contributed by atoms with van der Waals surface area (Å²) in [6.07, 6.45) is 3.09. The van der Waals surface area contributed by atoms with Crippen LogP contribution >= 0.6 is 0 Å². The van der Waals surface area contributed by atoms with Crippen LogP contribution in [0.3, 0.4) is 0 Å². The van der Waals surface area contributed by atoms with Gasteiger partial charge in [-0.25, -0.2) is 4.68 Å². The summed E-state index contributed by atoms with van der Waals surface area (Å²) >= 11 is 0. The largest absolute Gasteiger partial charge is 0.379 e. The number of aromatic nitrogens is 2. The molecule has 6 nitrogen and oxygen atoms in total. The standard InChI is InChI=1S/C16H20N4O2/c17-15(21)16(22)8-4-9-19(12-16)11-13-7-10-20(18-13)14-5-2-1-3-6-14/h1-3,5-7,10,22H,4,8-9,11-12H2,(H2,17,21)/t16-/m1/s1. The lowest BCUT2D eigenvalue weighted by Crippen LogP contribution is -2.55. The average molecular weight is 300 g/mol. The van der Waals surface area contributed by atoms with E-state index in [0.717, 1.165) is 24.3 Å². The average Bonchev–Trinajstić information content (AvgIpc) is 2.97. The third-order valence-electron chi connectivity index (χ3n) is 4.06. The Morgan fingerprint density at radius 2 is 2.09 bits per heavy atom. The number of aliphatic hydroxyl groups is 1. The summed E-state index contributed by atoms with van der Waals surface area (Å²) in [6, 6.07) is 11.8. The number of hydrogen-bond acceptors (Lipinski definition) is 4. The minimum atomic E-state index is -1.42. The van der Waals surface area contributed by atoms with Gasteiger partial charge in [0.2, 0.25) is 0 Å². The van der Waals surface area contributed by atoms with Gasteiger partial charge < -0.3 is 10.8 Å². The fourth-order valence-electron chi connectivity index (χ4n) is 2.86. The van der Waals surface area contributed by atoms with E-state index in [1.54, 1.807) is 0 Å². The second-order valence-electron chi connectivity index (χ2n) is 5.80. The number of carbonyl (C=O) groups excluding carboxylic acids is 1. The second kappa shape index (κ2) is 5.90. The zero-order chi connectivity index (χ0) is 15.6. The van der Waals surface area contributed by atoms with Crippen molar-refractivity contribution in [1.82, 2.24) is 14.7 Å². The summed E-state index contributed by atoms with van der Waals surface area (Å²) < 4.78 is 1.82. The molecule has 0 unspecified atom stereocenters. The highest BCUT2D eigenvalue weighted by Crippen LogP contribution is 2.22. The molecule has 0 aliphatic carbocycles. The van der Waals surface area contributed by atoms with E-state index in [1.165, 1.54) is 0 Å². The molecule has 0 bridgehead atoms. The predicted octanol–water partition coefficient (Wildman–Crippen LogP) is 0.684. The molecule has 1 saturated heterocycles. The molecular formula is C16H20N4O2. The van der Waals surface area contributed by atoms with Crippen molar-refractivity contribution in [3.63, 3.8) is 0 Å². The molecule has 1 aliphatic rings. The lowest BCUT2D eigenvalue weighted by Gasteiger charge is -2.36. The lowest BCUT2D eigenvalue weighted by molar-refractivity contribution is -0.142. The minimum absolute atomic E-state index is 0.264. The fourth-order valence-corrected chi connectivity index (χ4v) is 2.86. The molecule has 1 fully saturated rings. The van der Waals surface area contributed by atoms with Crippen LogP contribution in [0.2, 0.25) is 0 Å². The van der Waals surface area contributed by atoms with E-state index in [2.05, 4.69) is 5.10 Å². The SMILES string of the molecule is NC(=O)[C@@]1(O)CCCN(Cc2ccn(-c3ccccc3)n2)C1. The van der Waals surface area contributed by atoms with E-state index >= 15 is 0 Å². The van der Waals surface area contributed by atoms with Crippen molar-refractivity contribution in [1.29, 1.82) is 0 Å². The number of benzene rings is 1. The normalized spacial score (nSPS) is 22.6. The Bertz CT molecular complexity index is 655. The van der Waals surface area contributed by atoms with E-state index in [9.17, 15) is 9.90 Å². The molecule has 1 amide bonds. The quantitative estimate of drug-likeness (QED) is 0.870. The third kappa shape index (κ3) is 3.03. The number of rotatable bonds is 4. The van der Waals surface area contributed by atoms with E-state index < -0.39 is 11.5 Å². The fraction of sp³-hybridized carbons (Fsp3) is 0.375. The number of primary amides is 1. The third-order valence-corrected chi connectivity index (χ3v) is 4.06. The van der Waals surface area contributed by atoms with E-state index in [0.29, 0.717) is 13.0 Å². The van der Waals surface area contributed by atoms with E-state index in [-0.39, 0.29) is 6.54 Å². The van der Waals surface area contributed by atoms with Crippen molar-refractivity contribution >= 4 is 5.91 Å². The van der Waals surface area contributed by atoms with Gasteiger partial charge in [-0.3, -0.25) is 9.69 Å². The molecule has 0 spiro atoms. The molecule has 3 N–H and O–H groups in total. The molecule has 3 rings (SSSR count). The molecule has 0 radical (unpaired) electrons. The Morgan fingerprint density at radius 1 is 1.32 bits per heavy atom. The number of nitrogens with two attached hydrogens (primary N) is 1. The van der Waals surface area contributed by atoms with Crippen LogP contribution in [0.4, 0.5) is 0 Å². The number of nitrogens with zero attached hydrogens (tertiary/aromatic N) is 3. The van der Waals surface area contributed by atoms with Crippen LogP contribution in [0.15, 0.2) is 42.6 Å². The molecule has 1 atom stereocenters. The van der Waals surface area contributed by atoms with Gasteiger partial charge in [-0.1, -0.05) is 18.2 Å². The molecular weight excluding hydrogens is 280 g/mol. The first kappa shape index (κ1) is 14.7. The highest BCUT2D eigenvalue weighted by Gasteiger charge is 2.38. The first-order chi connectivity index (χ1) is 10.6. The molecule has 1 aromatic heterocycles. The van der Waals surface area contributed by atoms with Gasteiger partial charge in [-0.05, 0) is 37.6 Å². The number of para-hydroxylation sites is 1. The maximum absolute atomic E-state index is 11.4. The molecule has 2 aromatic rings. The predicted molar refractivity (Wildman–Crippen MR) is 82.2 cm³/mol. The number of β-amino-alcohol motifs (C(OH)–C–C–N with tert-alkyl or cyclic N) is 1. The van der Waals surface area contributed by atoms with Gasteiger partial charge in [0.05, 0.1) is 11.4 Å².